The molecule has 0 radical (unpaired) electrons. The Morgan fingerprint density at radius 3 is 2.52 bits per heavy atom. The molecule has 3 aromatic carbocycles. The number of amides is 4. The molecule has 9 heteroatoms. The van der Waals surface area contributed by atoms with E-state index in [0.717, 1.165) is 46.4 Å². The van der Waals surface area contributed by atoms with Crippen LogP contribution in [-0.4, -0.2) is 78.1 Å². The molecule has 1 aromatic heterocycles. The molecule has 1 unspecified atom stereocenters. The van der Waals surface area contributed by atoms with Gasteiger partial charge in [0.1, 0.15) is 12.1 Å². The number of para-hydroxylation sites is 2. The SMILES string of the molecule is Cc1ccc(C2c3[nH]c4ccccc4c3C[C@H]3C(=O)N(c4ccccc4C(=O)NCCN4CCOCC4)C(=O)N23)cc1. The Labute approximate surface area is 244 Å². The van der Waals surface area contributed by atoms with Crippen LogP contribution >= 0.6 is 0 Å². The second-order valence-electron chi connectivity index (χ2n) is 11.2. The van der Waals surface area contributed by atoms with E-state index in [2.05, 4.69) is 21.3 Å². The van der Waals surface area contributed by atoms with E-state index in [1.165, 1.54) is 4.90 Å². The first kappa shape index (κ1) is 26.4. The lowest BCUT2D eigenvalue weighted by Gasteiger charge is -2.36. The summed E-state index contributed by atoms with van der Waals surface area (Å²) in [5.41, 5.74) is 5.61. The Balaban J connectivity index is 1.23. The van der Waals surface area contributed by atoms with Crippen LogP contribution in [0.2, 0.25) is 0 Å². The summed E-state index contributed by atoms with van der Waals surface area (Å²) >= 11 is 0. The highest BCUT2D eigenvalue weighted by Gasteiger charge is 2.53. The predicted octanol–water partition coefficient (Wildman–Crippen LogP) is 4.02. The summed E-state index contributed by atoms with van der Waals surface area (Å²) in [6, 6.07) is 21.4. The fourth-order valence-corrected chi connectivity index (χ4v) is 6.50. The number of carbonyl (C=O) groups excluding carboxylic acids is 3. The van der Waals surface area contributed by atoms with Crippen molar-refractivity contribution in [3.05, 3.63) is 101 Å². The van der Waals surface area contributed by atoms with Crippen LogP contribution < -0.4 is 10.2 Å². The number of aromatic amines is 1. The van der Waals surface area contributed by atoms with Gasteiger partial charge in [-0.05, 0) is 36.2 Å². The van der Waals surface area contributed by atoms with Crippen LogP contribution in [0.3, 0.4) is 0 Å². The number of carbonyl (C=O) groups is 3. The number of H-pyrrole nitrogens is 1. The number of ether oxygens (including phenoxy) is 1. The number of fused-ring (bicyclic) bond motifs is 4. The molecule has 0 aliphatic carbocycles. The topological polar surface area (TPSA) is 98.0 Å². The van der Waals surface area contributed by atoms with Crippen LogP contribution in [0.4, 0.5) is 10.5 Å². The van der Waals surface area contributed by atoms with Gasteiger partial charge in [-0.3, -0.25) is 19.4 Å². The third kappa shape index (κ3) is 4.45. The molecule has 4 amide bonds. The van der Waals surface area contributed by atoms with Crippen LogP contribution in [0.15, 0.2) is 72.8 Å². The minimum absolute atomic E-state index is 0.303. The van der Waals surface area contributed by atoms with Crippen molar-refractivity contribution in [1.29, 1.82) is 0 Å². The average molecular weight is 564 g/mol. The minimum Gasteiger partial charge on any atom is -0.379 e. The quantitative estimate of drug-likeness (QED) is 0.346. The summed E-state index contributed by atoms with van der Waals surface area (Å²) in [5, 5.41) is 4.04. The average Bonchev–Trinajstić information content (AvgIpc) is 3.51. The first-order chi connectivity index (χ1) is 20.5. The normalized spacial score (nSPS) is 20.6. The Bertz CT molecular complexity index is 1670. The molecular formula is C33H33N5O4. The van der Waals surface area contributed by atoms with Gasteiger partial charge in [-0.1, -0.05) is 60.2 Å². The molecule has 42 heavy (non-hydrogen) atoms. The first-order valence-corrected chi connectivity index (χ1v) is 14.5. The molecule has 0 bridgehead atoms. The van der Waals surface area contributed by atoms with Gasteiger partial charge < -0.3 is 15.0 Å². The maximum atomic E-state index is 14.3. The zero-order valence-corrected chi connectivity index (χ0v) is 23.5. The van der Waals surface area contributed by atoms with Gasteiger partial charge in [-0.25, -0.2) is 9.69 Å². The number of rotatable bonds is 6. The lowest BCUT2D eigenvalue weighted by Crippen LogP contribution is -2.44. The van der Waals surface area contributed by atoms with Gasteiger partial charge in [0.15, 0.2) is 0 Å². The molecule has 7 rings (SSSR count). The fourth-order valence-electron chi connectivity index (χ4n) is 6.50. The summed E-state index contributed by atoms with van der Waals surface area (Å²) in [5.74, 6) is -0.628. The minimum atomic E-state index is -0.687. The third-order valence-corrected chi connectivity index (χ3v) is 8.65. The number of anilines is 1. The zero-order valence-electron chi connectivity index (χ0n) is 23.5. The Morgan fingerprint density at radius 1 is 0.976 bits per heavy atom. The standard InChI is InChI=1S/C33H33N5O4/c1-21-10-12-22(13-11-21)30-29-25(23-6-2-4-8-26(23)35-29)20-28-32(40)38(33(41)37(28)30)27-9-5-3-7-24(27)31(39)34-14-15-36-16-18-42-19-17-36/h2-13,28,30,35H,14-20H2,1H3,(H,34,39)/t28-,30?/m0/s1. The number of urea groups is 1. The molecule has 4 aromatic rings. The largest absolute Gasteiger partial charge is 0.379 e. The molecule has 0 saturated carbocycles. The number of morpholine rings is 1. The van der Waals surface area contributed by atoms with Gasteiger partial charge in [-0.15, -0.1) is 0 Å². The summed E-state index contributed by atoms with van der Waals surface area (Å²) < 4.78 is 5.40. The number of hydrogen-bond donors (Lipinski definition) is 2. The van der Waals surface area contributed by atoms with Gasteiger partial charge in [0, 0.05) is 49.2 Å². The number of nitrogens with zero attached hydrogens (tertiary/aromatic N) is 3. The van der Waals surface area contributed by atoms with Crippen molar-refractivity contribution in [2.75, 3.05) is 44.3 Å². The lowest BCUT2D eigenvalue weighted by molar-refractivity contribution is -0.120. The molecule has 214 valence electrons. The third-order valence-electron chi connectivity index (χ3n) is 8.65. The number of hydrogen-bond acceptors (Lipinski definition) is 5. The maximum absolute atomic E-state index is 14.3. The highest BCUT2D eigenvalue weighted by Crippen LogP contribution is 2.45. The van der Waals surface area contributed by atoms with Crippen LogP contribution in [0.25, 0.3) is 10.9 Å². The molecule has 9 nitrogen and oxygen atoms in total. The smallest absolute Gasteiger partial charge is 0.332 e. The summed E-state index contributed by atoms with van der Waals surface area (Å²) in [7, 11) is 0. The second-order valence-corrected chi connectivity index (χ2v) is 11.2. The maximum Gasteiger partial charge on any atom is 0.332 e. The van der Waals surface area contributed by atoms with Crippen LogP contribution in [-0.2, 0) is 16.0 Å². The van der Waals surface area contributed by atoms with E-state index >= 15 is 0 Å². The van der Waals surface area contributed by atoms with Crippen molar-refractivity contribution in [3.8, 4) is 0 Å². The molecule has 4 heterocycles. The van der Waals surface area contributed by atoms with E-state index in [-0.39, 0.29) is 11.8 Å². The van der Waals surface area contributed by atoms with Gasteiger partial charge >= 0.3 is 6.03 Å². The highest BCUT2D eigenvalue weighted by atomic mass is 16.5. The van der Waals surface area contributed by atoms with E-state index < -0.39 is 18.1 Å². The molecule has 0 spiro atoms. The van der Waals surface area contributed by atoms with Gasteiger partial charge in [0.25, 0.3) is 11.8 Å². The van der Waals surface area contributed by atoms with Gasteiger partial charge in [0.2, 0.25) is 0 Å². The van der Waals surface area contributed by atoms with Crippen molar-refractivity contribution in [3.63, 3.8) is 0 Å². The van der Waals surface area contributed by atoms with E-state index in [1.54, 1.807) is 29.2 Å². The number of imide groups is 1. The summed E-state index contributed by atoms with van der Waals surface area (Å²) in [6.45, 7) is 6.24. The number of aromatic nitrogens is 1. The monoisotopic (exact) mass is 563 g/mol. The van der Waals surface area contributed by atoms with E-state index in [0.29, 0.717) is 44.0 Å². The highest BCUT2D eigenvalue weighted by molar-refractivity contribution is 6.24. The molecule has 2 fully saturated rings. The summed E-state index contributed by atoms with van der Waals surface area (Å²) in [4.78, 5) is 50.5. The lowest BCUT2D eigenvalue weighted by atomic mass is 9.88. The van der Waals surface area contributed by atoms with Crippen molar-refractivity contribution in [2.45, 2.75) is 25.4 Å². The van der Waals surface area contributed by atoms with E-state index in [4.69, 9.17) is 4.74 Å². The van der Waals surface area contributed by atoms with Crippen LogP contribution in [0.5, 0.6) is 0 Å². The Hall–Kier alpha value is -4.47. The molecule has 2 saturated heterocycles. The molecule has 3 aliphatic rings. The molecule has 2 N–H and O–H groups in total. The van der Waals surface area contributed by atoms with Crippen LogP contribution in [0, 0.1) is 6.92 Å². The van der Waals surface area contributed by atoms with Crippen molar-refractivity contribution < 1.29 is 19.1 Å². The number of aryl methyl sites for hydroxylation is 1. The first-order valence-electron chi connectivity index (χ1n) is 14.5. The Morgan fingerprint density at radius 2 is 1.71 bits per heavy atom. The fraction of sp³-hybridized carbons (Fsp3) is 0.303. The van der Waals surface area contributed by atoms with Crippen molar-refractivity contribution in [1.82, 2.24) is 20.1 Å². The number of benzene rings is 3. The van der Waals surface area contributed by atoms with Gasteiger partial charge in [0.05, 0.1) is 24.5 Å². The molecule has 2 atom stereocenters. The second kappa shape index (κ2) is 10.7. The van der Waals surface area contributed by atoms with Crippen molar-refractivity contribution in [2.24, 2.45) is 0 Å². The van der Waals surface area contributed by atoms with E-state index in [1.807, 2.05) is 49.4 Å². The Kier molecular flexibility index (Phi) is 6.76. The summed E-state index contributed by atoms with van der Waals surface area (Å²) in [6.07, 6.45) is 0.399. The molecule has 3 aliphatic heterocycles. The zero-order chi connectivity index (χ0) is 28.8. The van der Waals surface area contributed by atoms with Crippen LogP contribution in [0.1, 0.15) is 38.8 Å². The van der Waals surface area contributed by atoms with Gasteiger partial charge in [-0.2, -0.15) is 0 Å². The molecular weight excluding hydrogens is 530 g/mol. The number of nitrogens with one attached hydrogen (secondary N) is 2. The van der Waals surface area contributed by atoms with E-state index in [9.17, 15) is 14.4 Å². The predicted molar refractivity (Wildman–Crippen MR) is 160 cm³/mol. The van der Waals surface area contributed by atoms with Crippen molar-refractivity contribution >= 4 is 34.4 Å².